The van der Waals surface area contributed by atoms with Gasteiger partial charge in [0.25, 0.3) is 0 Å². The van der Waals surface area contributed by atoms with E-state index in [4.69, 9.17) is 25.8 Å². The fourth-order valence-electron chi connectivity index (χ4n) is 2.53. The van der Waals surface area contributed by atoms with Crippen LogP contribution in [0.15, 0.2) is 12.1 Å². The molecule has 0 amide bonds. The van der Waals surface area contributed by atoms with E-state index < -0.39 is 0 Å². The molecule has 19 heavy (non-hydrogen) atoms. The average molecular weight is 285 g/mol. The SMILES string of the molecule is CCC1OC1C(C)Cc1cc(OC)c(Cl)cc1OC. The molecule has 0 aliphatic carbocycles. The van der Waals surface area contributed by atoms with Gasteiger partial charge >= 0.3 is 0 Å². The molecule has 1 fully saturated rings. The van der Waals surface area contributed by atoms with E-state index in [1.54, 1.807) is 14.2 Å². The molecule has 1 aromatic carbocycles. The third-order valence-electron chi connectivity index (χ3n) is 3.68. The molecular weight excluding hydrogens is 264 g/mol. The van der Waals surface area contributed by atoms with Crippen molar-refractivity contribution in [1.29, 1.82) is 0 Å². The molecule has 0 saturated carbocycles. The van der Waals surface area contributed by atoms with E-state index in [0.717, 1.165) is 24.2 Å². The van der Waals surface area contributed by atoms with Crippen LogP contribution >= 0.6 is 11.6 Å². The Balaban J connectivity index is 2.14. The molecule has 0 spiro atoms. The van der Waals surface area contributed by atoms with Gasteiger partial charge in [0.05, 0.1) is 31.5 Å². The number of epoxide rings is 1. The molecule has 2 rings (SSSR count). The molecular formula is C15H21ClO3. The second kappa shape index (κ2) is 6.02. The molecule has 4 heteroatoms. The van der Waals surface area contributed by atoms with E-state index in [-0.39, 0.29) is 0 Å². The Bertz CT molecular complexity index is 447. The van der Waals surface area contributed by atoms with Gasteiger partial charge in [0.2, 0.25) is 0 Å². The van der Waals surface area contributed by atoms with E-state index in [1.165, 1.54) is 0 Å². The van der Waals surface area contributed by atoms with E-state index in [0.29, 0.717) is 28.9 Å². The Morgan fingerprint density at radius 1 is 1.26 bits per heavy atom. The Morgan fingerprint density at radius 3 is 2.47 bits per heavy atom. The zero-order valence-corrected chi connectivity index (χ0v) is 12.7. The average Bonchev–Trinajstić information content (AvgIpc) is 3.19. The van der Waals surface area contributed by atoms with Crippen LogP contribution in [0, 0.1) is 5.92 Å². The minimum absolute atomic E-state index is 0.372. The third kappa shape index (κ3) is 3.15. The summed E-state index contributed by atoms with van der Waals surface area (Å²) in [6.07, 6.45) is 2.78. The van der Waals surface area contributed by atoms with E-state index in [2.05, 4.69) is 13.8 Å². The predicted octanol–water partition coefficient (Wildman–Crippen LogP) is 3.71. The lowest BCUT2D eigenvalue weighted by atomic mass is 9.95. The monoisotopic (exact) mass is 284 g/mol. The maximum atomic E-state index is 6.11. The van der Waals surface area contributed by atoms with Crippen molar-refractivity contribution in [2.24, 2.45) is 5.92 Å². The van der Waals surface area contributed by atoms with Gasteiger partial charge in [0.1, 0.15) is 11.5 Å². The van der Waals surface area contributed by atoms with Crippen LogP contribution < -0.4 is 9.47 Å². The zero-order chi connectivity index (χ0) is 14.0. The first kappa shape index (κ1) is 14.5. The van der Waals surface area contributed by atoms with Crippen LogP contribution in [-0.4, -0.2) is 26.4 Å². The molecule has 0 N–H and O–H groups in total. The summed E-state index contributed by atoms with van der Waals surface area (Å²) in [5, 5.41) is 0.574. The lowest BCUT2D eigenvalue weighted by Gasteiger charge is -2.15. The number of hydrogen-bond donors (Lipinski definition) is 0. The Hall–Kier alpha value is -0.930. The van der Waals surface area contributed by atoms with Crippen molar-refractivity contribution in [3.63, 3.8) is 0 Å². The quantitative estimate of drug-likeness (QED) is 0.746. The Morgan fingerprint density at radius 2 is 1.95 bits per heavy atom. The first-order chi connectivity index (χ1) is 9.10. The lowest BCUT2D eigenvalue weighted by Crippen LogP contribution is -2.11. The summed E-state index contributed by atoms with van der Waals surface area (Å²) in [7, 11) is 3.28. The van der Waals surface area contributed by atoms with Crippen LogP contribution in [0.2, 0.25) is 5.02 Å². The lowest BCUT2D eigenvalue weighted by molar-refractivity contribution is 0.320. The summed E-state index contributed by atoms with van der Waals surface area (Å²) in [4.78, 5) is 0. The van der Waals surface area contributed by atoms with Gasteiger partial charge in [-0.05, 0) is 30.4 Å². The van der Waals surface area contributed by atoms with Crippen LogP contribution in [0.5, 0.6) is 11.5 Å². The van der Waals surface area contributed by atoms with Gasteiger partial charge in [-0.3, -0.25) is 0 Å². The van der Waals surface area contributed by atoms with Gasteiger partial charge in [-0.25, -0.2) is 0 Å². The number of halogens is 1. The topological polar surface area (TPSA) is 31.0 Å². The zero-order valence-electron chi connectivity index (χ0n) is 11.9. The summed E-state index contributed by atoms with van der Waals surface area (Å²) in [5.41, 5.74) is 1.11. The normalized spacial score (nSPS) is 23.0. The number of rotatable bonds is 6. The fourth-order valence-corrected chi connectivity index (χ4v) is 2.76. The van der Waals surface area contributed by atoms with Gasteiger partial charge in [0, 0.05) is 6.07 Å². The van der Waals surface area contributed by atoms with Gasteiger partial charge in [-0.2, -0.15) is 0 Å². The number of benzene rings is 1. The summed E-state index contributed by atoms with van der Waals surface area (Å²) in [6, 6.07) is 3.77. The Labute approximate surface area is 119 Å². The molecule has 1 aliphatic rings. The molecule has 3 nitrogen and oxygen atoms in total. The van der Waals surface area contributed by atoms with Crippen LogP contribution in [0.4, 0.5) is 0 Å². The molecule has 0 aromatic heterocycles. The molecule has 0 bridgehead atoms. The summed E-state index contributed by atoms with van der Waals surface area (Å²) in [5.74, 6) is 1.96. The van der Waals surface area contributed by atoms with Crippen molar-refractivity contribution in [2.45, 2.75) is 38.9 Å². The smallest absolute Gasteiger partial charge is 0.137 e. The van der Waals surface area contributed by atoms with Gasteiger partial charge in [0.15, 0.2) is 0 Å². The molecule has 1 aliphatic heterocycles. The first-order valence-corrected chi connectivity index (χ1v) is 7.04. The maximum Gasteiger partial charge on any atom is 0.137 e. The highest BCUT2D eigenvalue weighted by Crippen LogP contribution is 2.38. The van der Waals surface area contributed by atoms with E-state index in [1.807, 2.05) is 12.1 Å². The summed E-state index contributed by atoms with van der Waals surface area (Å²) < 4.78 is 16.3. The van der Waals surface area contributed by atoms with Crippen molar-refractivity contribution in [3.8, 4) is 11.5 Å². The summed E-state index contributed by atoms with van der Waals surface area (Å²) >= 11 is 6.11. The number of methoxy groups -OCH3 is 2. The minimum atomic E-state index is 0.372. The van der Waals surface area contributed by atoms with Gasteiger partial charge in [-0.15, -0.1) is 0 Å². The third-order valence-corrected chi connectivity index (χ3v) is 3.98. The highest BCUT2D eigenvalue weighted by atomic mass is 35.5. The molecule has 3 unspecified atom stereocenters. The molecule has 1 heterocycles. The second-order valence-corrected chi connectivity index (χ2v) is 5.43. The first-order valence-electron chi connectivity index (χ1n) is 6.66. The predicted molar refractivity (Wildman–Crippen MR) is 76.4 cm³/mol. The van der Waals surface area contributed by atoms with Crippen LogP contribution in [0.25, 0.3) is 0 Å². The standard InChI is InChI=1S/C15H21ClO3/c1-5-12-15(19-12)9(2)6-10-7-14(18-4)11(16)8-13(10)17-3/h7-9,12,15H,5-6H2,1-4H3. The van der Waals surface area contributed by atoms with E-state index in [9.17, 15) is 0 Å². The van der Waals surface area contributed by atoms with Gasteiger partial charge in [-0.1, -0.05) is 25.4 Å². The summed E-state index contributed by atoms with van der Waals surface area (Å²) in [6.45, 7) is 4.37. The van der Waals surface area contributed by atoms with Crippen LogP contribution in [0.1, 0.15) is 25.8 Å². The molecule has 1 saturated heterocycles. The van der Waals surface area contributed by atoms with Gasteiger partial charge < -0.3 is 14.2 Å². The molecule has 3 atom stereocenters. The largest absolute Gasteiger partial charge is 0.496 e. The van der Waals surface area contributed by atoms with Crippen molar-refractivity contribution in [2.75, 3.05) is 14.2 Å². The minimum Gasteiger partial charge on any atom is -0.496 e. The second-order valence-electron chi connectivity index (χ2n) is 5.03. The van der Waals surface area contributed by atoms with Crippen molar-refractivity contribution < 1.29 is 14.2 Å². The molecule has 0 radical (unpaired) electrons. The van der Waals surface area contributed by atoms with Crippen molar-refractivity contribution in [3.05, 3.63) is 22.7 Å². The molecule has 106 valence electrons. The van der Waals surface area contributed by atoms with E-state index >= 15 is 0 Å². The Kier molecular flexibility index (Phi) is 4.58. The van der Waals surface area contributed by atoms with Crippen molar-refractivity contribution >= 4 is 11.6 Å². The maximum absolute atomic E-state index is 6.11. The number of ether oxygens (including phenoxy) is 3. The van der Waals surface area contributed by atoms with Crippen LogP contribution in [0.3, 0.4) is 0 Å². The highest BCUT2D eigenvalue weighted by molar-refractivity contribution is 6.32. The highest BCUT2D eigenvalue weighted by Gasteiger charge is 2.41. The molecule has 1 aromatic rings. The number of hydrogen-bond acceptors (Lipinski definition) is 3. The van der Waals surface area contributed by atoms with Crippen LogP contribution in [-0.2, 0) is 11.2 Å². The van der Waals surface area contributed by atoms with Crippen molar-refractivity contribution in [1.82, 2.24) is 0 Å². The fraction of sp³-hybridized carbons (Fsp3) is 0.600.